The number of carbonyl (C=O) groups is 1. The summed E-state index contributed by atoms with van der Waals surface area (Å²) in [5.74, 6) is 1.82. The van der Waals surface area contributed by atoms with E-state index in [4.69, 9.17) is 4.74 Å². The molecule has 146 valence electrons. The molecule has 7 heteroatoms. The fourth-order valence-corrected chi connectivity index (χ4v) is 3.62. The van der Waals surface area contributed by atoms with Crippen molar-refractivity contribution in [3.8, 4) is 5.75 Å². The predicted octanol–water partition coefficient (Wildman–Crippen LogP) is 2.46. The Morgan fingerprint density at radius 1 is 1.14 bits per heavy atom. The van der Waals surface area contributed by atoms with Crippen molar-refractivity contribution in [3.63, 3.8) is 0 Å². The van der Waals surface area contributed by atoms with Gasteiger partial charge in [-0.25, -0.2) is 0 Å². The van der Waals surface area contributed by atoms with E-state index in [0.29, 0.717) is 6.42 Å². The van der Waals surface area contributed by atoms with Crippen LogP contribution < -0.4 is 15.0 Å². The summed E-state index contributed by atoms with van der Waals surface area (Å²) in [6, 6.07) is 14.0. The highest BCUT2D eigenvalue weighted by Gasteiger charge is 2.23. The van der Waals surface area contributed by atoms with Crippen molar-refractivity contribution in [2.24, 2.45) is 0 Å². The molecule has 3 heterocycles. The molecule has 4 rings (SSSR count). The van der Waals surface area contributed by atoms with E-state index in [1.165, 1.54) is 0 Å². The number of carbonyl (C=O) groups excluding carboxylic acids is 1. The summed E-state index contributed by atoms with van der Waals surface area (Å²) in [4.78, 5) is 14.6. The van der Waals surface area contributed by atoms with E-state index in [1.807, 2.05) is 53.1 Å². The zero-order chi connectivity index (χ0) is 19.3. The maximum atomic E-state index is 12.3. The molecular formula is C21H25N5O2. The Morgan fingerprint density at radius 3 is 2.68 bits per heavy atom. The summed E-state index contributed by atoms with van der Waals surface area (Å²) in [6.07, 6.45) is 5.05. The number of benzene rings is 1. The Hall–Kier alpha value is -3.09. The van der Waals surface area contributed by atoms with E-state index < -0.39 is 0 Å². The van der Waals surface area contributed by atoms with Crippen LogP contribution in [-0.2, 0) is 11.2 Å². The van der Waals surface area contributed by atoms with Gasteiger partial charge in [-0.1, -0.05) is 18.2 Å². The van der Waals surface area contributed by atoms with Crippen LogP contribution in [0.5, 0.6) is 5.75 Å². The first kappa shape index (κ1) is 18.3. The predicted molar refractivity (Wildman–Crippen MR) is 108 cm³/mol. The van der Waals surface area contributed by atoms with Gasteiger partial charge in [0, 0.05) is 31.7 Å². The minimum Gasteiger partial charge on any atom is -0.497 e. The SMILES string of the molecule is COc1ccc(CCC(=O)NC2CCN(c3nnc4ccccn34)CC2)cc1. The number of piperidine rings is 1. The van der Waals surface area contributed by atoms with Crippen LogP contribution in [0.4, 0.5) is 5.95 Å². The van der Waals surface area contributed by atoms with E-state index in [1.54, 1.807) is 7.11 Å². The smallest absolute Gasteiger partial charge is 0.231 e. The molecule has 2 aromatic heterocycles. The largest absolute Gasteiger partial charge is 0.497 e. The first-order valence-corrected chi connectivity index (χ1v) is 9.70. The first-order chi connectivity index (χ1) is 13.7. The summed E-state index contributed by atoms with van der Waals surface area (Å²) in [5.41, 5.74) is 2.00. The van der Waals surface area contributed by atoms with Crippen molar-refractivity contribution in [1.29, 1.82) is 0 Å². The van der Waals surface area contributed by atoms with Crippen molar-refractivity contribution >= 4 is 17.5 Å². The lowest BCUT2D eigenvalue weighted by molar-refractivity contribution is -0.121. The number of amides is 1. The number of hydrogen-bond donors (Lipinski definition) is 1. The molecule has 1 aliphatic heterocycles. The maximum Gasteiger partial charge on any atom is 0.231 e. The summed E-state index contributed by atoms with van der Waals surface area (Å²) < 4.78 is 7.17. The van der Waals surface area contributed by atoms with Gasteiger partial charge >= 0.3 is 0 Å². The number of rotatable bonds is 6. The van der Waals surface area contributed by atoms with Crippen LogP contribution in [0.3, 0.4) is 0 Å². The molecule has 0 spiro atoms. The first-order valence-electron chi connectivity index (χ1n) is 9.70. The van der Waals surface area contributed by atoms with Crippen molar-refractivity contribution in [1.82, 2.24) is 19.9 Å². The number of aromatic nitrogens is 3. The van der Waals surface area contributed by atoms with Gasteiger partial charge in [0.1, 0.15) is 5.75 Å². The lowest BCUT2D eigenvalue weighted by Gasteiger charge is -2.32. The van der Waals surface area contributed by atoms with Gasteiger partial charge in [-0.3, -0.25) is 9.20 Å². The van der Waals surface area contributed by atoms with E-state index in [0.717, 1.165) is 55.3 Å². The van der Waals surface area contributed by atoms with E-state index in [-0.39, 0.29) is 11.9 Å². The Morgan fingerprint density at radius 2 is 1.93 bits per heavy atom. The quantitative estimate of drug-likeness (QED) is 0.712. The average molecular weight is 379 g/mol. The van der Waals surface area contributed by atoms with Crippen LogP contribution in [0.1, 0.15) is 24.8 Å². The number of ether oxygens (including phenoxy) is 1. The lowest BCUT2D eigenvalue weighted by Crippen LogP contribution is -2.45. The molecule has 1 saturated heterocycles. The molecule has 28 heavy (non-hydrogen) atoms. The van der Waals surface area contributed by atoms with E-state index in [9.17, 15) is 4.79 Å². The molecule has 1 N–H and O–H groups in total. The number of fused-ring (bicyclic) bond motifs is 1. The Bertz CT molecular complexity index is 929. The van der Waals surface area contributed by atoms with Crippen molar-refractivity contribution in [2.45, 2.75) is 31.7 Å². The van der Waals surface area contributed by atoms with Crippen molar-refractivity contribution in [3.05, 3.63) is 54.2 Å². The number of nitrogens with zero attached hydrogens (tertiary/aromatic N) is 4. The molecule has 1 amide bonds. The number of methoxy groups -OCH3 is 1. The van der Waals surface area contributed by atoms with Crippen molar-refractivity contribution < 1.29 is 9.53 Å². The molecule has 1 aliphatic rings. The highest BCUT2D eigenvalue weighted by atomic mass is 16.5. The Balaban J connectivity index is 1.25. The standard InChI is InChI=1S/C21H25N5O2/c1-28-18-8-5-16(6-9-18)7-10-20(27)22-17-11-14-25(15-12-17)21-24-23-19-4-2-3-13-26(19)21/h2-6,8-9,13,17H,7,10-12,14-15H2,1H3,(H,22,27). The van der Waals surface area contributed by atoms with Crippen LogP contribution in [-0.4, -0.2) is 46.7 Å². The van der Waals surface area contributed by atoms with Crippen molar-refractivity contribution in [2.75, 3.05) is 25.1 Å². The number of nitrogens with one attached hydrogen (secondary N) is 1. The molecule has 0 atom stereocenters. The molecule has 0 aliphatic carbocycles. The third-order valence-corrected chi connectivity index (χ3v) is 5.24. The van der Waals surface area contributed by atoms with Gasteiger partial charge in [0.2, 0.25) is 11.9 Å². The Kier molecular flexibility index (Phi) is 5.41. The molecule has 1 aromatic carbocycles. The normalized spacial score (nSPS) is 15.0. The van der Waals surface area contributed by atoms with E-state index >= 15 is 0 Å². The Labute approximate surface area is 164 Å². The molecule has 0 saturated carbocycles. The van der Waals surface area contributed by atoms with Crippen LogP contribution in [0, 0.1) is 0 Å². The monoisotopic (exact) mass is 379 g/mol. The van der Waals surface area contributed by atoms with Gasteiger partial charge in [0.25, 0.3) is 0 Å². The van der Waals surface area contributed by atoms with Crippen LogP contribution >= 0.6 is 0 Å². The molecule has 0 bridgehead atoms. The maximum absolute atomic E-state index is 12.3. The van der Waals surface area contributed by atoms with Gasteiger partial charge in [-0.2, -0.15) is 0 Å². The average Bonchev–Trinajstić information content (AvgIpc) is 3.17. The highest BCUT2D eigenvalue weighted by Crippen LogP contribution is 2.19. The zero-order valence-corrected chi connectivity index (χ0v) is 16.0. The molecular weight excluding hydrogens is 354 g/mol. The number of anilines is 1. The van der Waals surface area contributed by atoms with Gasteiger partial charge in [-0.15, -0.1) is 10.2 Å². The number of pyridine rings is 1. The fraction of sp³-hybridized carbons (Fsp3) is 0.381. The van der Waals surface area contributed by atoms with Gasteiger partial charge in [0.15, 0.2) is 5.65 Å². The molecule has 3 aromatic rings. The molecule has 1 fully saturated rings. The third-order valence-electron chi connectivity index (χ3n) is 5.24. The number of aryl methyl sites for hydroxylation is 1. The van der Waals surface area contributed by atoms with Gasteiger partial charge < -0.3 is 15.0 Å². The van der Waals surface area contributed by atoms with Crippen LogP contribution in [0.15, 0.2) is 48.7 Å². The second-order valence-electron chi connectivity index (χ2n) is 7.11. The van der Waals surface area contributed by atoms with Crippen LogP contribution in [0.25, 0.3) is 5.65 Å². The second-order valence-corrected chi connectivity index (χ2v) is 7.11. The molecule has 0 unspecified atom stereocenters. The molecule has 7 nitrogen and oxygen atoms in total. The topological polar surface area (TPSA) is 71.8 Å². The summed E-state index contributed by atoms with van der Waals surface area (Å²) in [7, 11) is 1.65. The van der Waals surface area contributed by atoms with Gasteiger partial charge in [-0.05, 0) is 49.1 Å². The summed E-state index contributed by atoms with van der Waals surface area (Å²) >= 11 is 0. The second kappa shape index (κ2) is 8.29. The number of hydrogen-bond acceptors (Lipinski definition) is 5. The van der Waals surface area contributed by atoms with E-state index in [2.05, 4.69) is 20.4 Å². The third kappa shape index (κ3) is 4.08. The highest BCUT2D eigenvalue weighted by molar-refractivity contribution is 5.76. The lowest BCUT2D eigenvalue weighted by atomic mass is 10.0. The minimum absolute atomic E-state index is 0.113. The van der Waals surface area contributed by atoms with Gasteiger partial charge in [0.05, 0.1) is 7.11 Å². The summed E-state index contributed by atoms with van der Waals surface area (Å²) in [5, 5.41) is 11.7. The molecule has 0 radical (unpaired) electrons. The fourth-order valence-electron chi connectivity index (χ4n) is 3.62. The summed E-state index contributed by atoms with van der Waals surface area (Å²) in [6.45, 7) is 1.72. The minimum atomic E-state index is 0.113. The zero-order valence-electron chi connectivity index (χ0n) is 16.0. The van der Waals surface area contributed by atoms with Crippen LogP contribution in [0.2, 0.25) is 0 Å².